The van der Waals surface area contributed by atoms with Crippen LogP contribution in [0.4, 0.5) is 0 Å². The summed E-state index contributed by atoms with van der Waals surface area (Å²) in [5.41, 5.74) is 1.05. The molecule has 0 fully saturated rings. The number of hydrogen-bond donors (Lipinski definition) is 1. The minimum Gasteiger partial charge on any atom is -0.496 e. The van der Waals surface area contributed by atoms with E-state index in [0.717, 1.165) is 29.4 Å². The van der Waals surface area contributed by atoms with Gasteiger partial charge in [0.25, 0.3) is 0 Å². The Labute approximate surface area is 122 Å². The smallest absolute Gasteiger partial charge is 0.124 e. The monoisotopic (exact) mass is 283 g/mol. The van der Waals surface area contributed by atoms with Crippen LogP contribution in [0.2, 0.25) is 5.02 Å². The second kappa shape index (κ2) is 10.1. The Morgan fingerprint density at radius 1 is 1.11 bits per heavy atom. The zero-order chi connectivity index (χ0) is 13.9. The van der Waals surface area contributed by atoms with Gasteiger partial charge in [0, 0.05) is 17.1 Å². The van der Waals surface area contributed by atoms with Crippen LogP contribution in [-0.4, -0.2) is 13.7 Å². The summed E-state index contributed by atoms with van der Waals surface area (Å²) in [5.74, 6) is 0.864. The van der Waals surface area contributed by atoms with Gasteiger partial charge in [0.1, 0.15) is 5.75 Å². The Hall–Kier alpha value is -0.730. The van der Waals surface area contributed by atoms with Crippen LogP contribution in [-0.2, 0) is 6.54 Å². The maximum absolute atomic E-state index is 6.19. The van der Waals surface area contributed by atoms with Gasteiger partial charge in [-0.1, -0.05) is 56.7 Å². The molecule has 2 nitrogen and oxygen atoms in total. The average molecular weight is 284 g/mol. The van der Waals surface area contributed by atoms with Crippen molar-refractivity contribution in [2.24, 2.45) is 0 Å². The van der Waals surface area contributed by atoms with Gasteiger partial charge in [-0.15, -0.1) is 0 Å². The number of halogens is 1. The molecule has 1 aromatic carbocycles. The number of benzene rings is 1. The van der Waals surface area contributed by atoms with Gasteiger partial charge in [-0.2, -0.15) is 0 Å². The summed E-state index contributed by atoms with van der Waals surface area (Å²) in [6, 6.07) is 5.78. The van der Waals surface area contributed by atoms with Crippen molar-refractivity contribution in [3.8, 4) is 5.75 Å². The Morgan fingerprint density at radius 2 is 1.84 bits per heavy atom. The van der Waals surface area contributed by atoms with Crippen LogP contribution in [0, 0.1) is 0 Å². The summed E-state index contributed by atoms with van der Waals surface area (Å²) in [7, 11) is 1.68. The first-order valence-corrected chi connectivity index (χ1v) is 7.69. The van der Waals surface area contributed by atoms with E-state index < -0.39 is 0 Å². The highest BCUT2D eigenvalue weighted by Crippen LogP contribution is 2.25. The predicted molar refractivity (Wildman–Crippen MR) is 83.1 cm³/mol. The first kappa shape index (κ1) is 16.3. The van der Waals surface area contributed by atoms with Gasteiger partial charge in [-0.3, -0.25) is 0 Å². The van der Waals surface area contributed by atoms with Crippen molar-refractivity contribution in [2.45, 2.75) is 52.0 Å². The highest BCUT2D eigenvalue weighted by Gasteiger charge is 2.06. The lowest BCUT2D eigenvalue weighted by Gasteiger charge is -2.11. The van der Waals surface area contributed by atoms with E-state index in [1.165, 1.54) is 38.5 Å². The van der Waals surface area contributed by atoms with E-state index in [9.17, 15) is 0 Å². The van der Waals surface area contributed by atoms with Gasteiger partial charge >= 0.3 is 0 Å². The van der Waals surface area contributed by atoms with Gasteiger partial charge < -0.3 is 10.1 Å². The second-order valence-corrected chi connectivity index (χ2v) is 5.27. The Kier molecular flexibility index (Phi) is 8.68. The maximum Gasteiger partial charge on any atom is 0.124 e. The number of rotatable bonds is 10. The lowest BCUT2D eigenvalue weighted by atomic mass is 10.1. The molecule has 1 aromatic rings. The minimum absolute atomic E-state index is 0.773. The Balaban J connectivity index is 2.19. The summed E-state index contributed by atoms with van der Waals surface area (Å²) in [5, 5.41) is 4.22. The lowest BCUT2D eigenvalue weighted by molar-refractivity contribution is 0.407. The van der Waals surface area contributed by atoms with Gasteiger partial charge in [0.15, 0.2) is 0 Å². The molecule has 19 heavy (non-hydrogen) atoms. The summed E-state index contributed by atoms with van der Waals surface area (Å²) >= 11 is 6.19. The third-order valence-electron chi connectivity index (χ3n) is 3.30. The molecule has 0 saturated carbocycles. The molecule has 1 rings (SSSR count). The number of hydrogen-bond acceptors (Lipinski definition) is 2. The van der Waals surface area contributed by atoms with Crippen molar-refractivity contribution in [2.75, 3.05) is 13.7 Å². The minimum atomic E-state index is 0.773. The third kappa shape index (κ3) is 6.31. The van der Waals surface area contributed by atoms with E-state index >= 15 is 0 Å². The van der Waals surface area contributed by atoms with E-state index in [-0.39, 0.29) is 0 Å². The summed E-state index contributed by atoms with van der Waals surface area (Å²) in [6.07, 6.45) is 7.94. The van der Waals surface area contributed by atoms with E-state index in [1.54, 1.807) is 7.11 Å². The van der Waals surface area contributed by atoms with Gasteiger partial charge in [-0.05, 0) is 25.1 Å². The normalized spacial score (nSPS) is 10.7. The standard InChI is InChI=1S/C16H26ClNO/c1-3-4-5-6-7-8-12-18-13-14-15(17)10-9-11-16(14)19-2/h9-11,18H,3-8,12-13H2,1-2H3. The van der Waals surface area contributed by atoms with Crippen LogP contribution in [0.15, 0.2) is 18.2 Å². The Bertz CT molecular complexity index is 355. The largest absolute Gasteiger partial charge is 0.496 e. The molecule has 0 saturated heterocycles. The summed E-state index contributed by atoms with van der Waals surface area (Å²) in [4.78, 5) is 0. The molecule has 0 radical (unpaired) electrons. The fourth-order valence-corrected chi connectivity index (χ4v) is 2.38. The van der Waals surface area contributed by atoms with Crippen LogP contribution in [0.25, 0.3) is 0 Å². The van der Waals surface area contributed by atoms with Crippen LogP contribution >= 0.6 is 11.6 Å². The van der Waals surface area contributed by atoms with Gasteiger partial charge in [0.2, 0.25) is 0 Å². The molecule has 0 amide bonds. The molecule has 0 unspecified atom stereocenters. The fraction of sp³-hybridized carbons (Fsp3) is 0.625. The SMILES string of the molecule is CCCCCCCCNCc1c(Cl)cccc1OC. The summed E-state index contributed by atoms with van der Waals surface area (Å²) in [6.45, 7) is 4.07. The van der Waals surface area contributed by atoms with Crippen LogP contribution in [0.3, 0.4) is 0 Å². The number of ether oxygens (including phenoxy) is 1. The van der Waals surface area contributed by atoms with Crippen LogP contribution in [0.1, 0.15) is 51.0 Å². The molecule has 1 N–H and O–H groups in total. The average Bonchev–Trinajstić information content (AvgIpc) is 2.43. The van der Waals surface area contributed by atoms with Gasteiger partial charge in [0.05, 0.1) is 7.11 Å². The zero-order valence-corrected chi connectivity index (χ0v) is 12.9. The molecule has 108 valence electrons. The predicted octanol–water partition coefficient (Wildman–Crippen LogP) is 4.80. The van der Waals surface area contributed by atoms with Gasteiger partial charge in [-0.25, -0.2) is 0 Å². The fourth-order valence-electron chi connectivity index (χ4n) is 2.15. The first-order valence-electron chi connectivity index (χ1n) is 7.31. The van der Waals surface area contributed by atoms with E-state index in [0.29, 0.717) is 0 Å². The van der Waals surface area contributed by atoms with Crippen molar-refractivity contribution in [3.63, 3.8) is 0 Å². The van der Waals surface area contributed by atoms with Crippen molar-refractivity contribution < 1.29 is 4.74 Å². The molecule has 0 aliphatic rings. The zero-order valence-electron chi connectivity index (χ0n) is 12.2. The van der Waals surface area contributed by atoms with E-state index in [1.807, 2.05) is 18.2 Å². The Morgan fingerprint density at radius 3 is 2.58 bits per heavy atom. The molecule has 0 aromatic heterocycles. The number of nitrogens with one attached hydrogen (secondary N) is 1. The van der Waals surface area contributed by atoms with Crippen LogP contribution < -0.4 is 10.1 Å². The molecule has 0 spiro atoms. The highest BCUT2D eigenvalue weighted by molar-refractivity contribution is 6.31. The summed E-state index contributed by atoms with van der Waals surface area (Å²) < 4.78 is 5.32. The molecule has 0 aliphatic heterocycles. The molecule has 0 heterocycles. The molecular weight excluding hydrogens is 258 g/mol. The molecule has 3 heteroatoms. The number of unbranched alkanes of at least 4 members (excludes halogenated alkanes) is 5. The maximum atomic E-state index is 6.19. The van der Waals surface area contributed by atoms with Crippen molar-refractivity contribution >= 4 is 11.6 Å². The van der Waals surface area contributed by atoms with Crippen molar-refractivity contribution in [3.05, 3.63) is 28.8 Å². The second-order valence-electron chi connectivity index (χ2n) is 4.87. The van der Waals surface area contributed by atoms with E-state index in [4.69, 9.17) is 16.3 Å². The van der Waals surface area contributed by atoms with E-state index in [2.05, 4.69) is 12.2 Å². The molecular formula is C16H26ClNO. The third-order valence-corrected chi connectivity index (χ3v) is 3.66. The van der Waals surface area contributed by atoms with Crippen LogP contribution in [0.5, 0.6) is 5.75 Å². The quantitative estimate of drug-likeness (QED) is 0.623. The lowest BCUT2D eigenvalue weighted by Crippen LogP contribution is -2.15. The van der Waals surface area contributed by atoms with Crippen molar-refractivity contribution in [1.82, 2.24) is 5.32 Å². The van der Waals surface area contributed by atoms with Crippen molar-refractivity contribution in [1.29, 1.82) is 0 Å². The number of methoxy groups -OCH3 is 1. The molecule has 0 bridgehead atoms. The molecule has 0 atom stereocenters. The molecule has 0 aliphatic carbocycles. The highest BCUT2D eigenvalue weighted by atomic mass is 35.5. The first-order chi connectivity index (χ1) is 9.29. The topological polar surface area (TPSA) is 21.3 Å².